The molecule has 24 heavy (non-hydrogen) atoms. The van der Waals surface area contributed by atoms with Crippen molar-refractivity contribution in [3.8, 4) is 0 Å². The molecule has 122 valence electrons. The fourth-order valence-corrected chi connectivity index (χ4v) is 2.54. The zero-order valence-electron chi connectivity index (χ0n) is 13.3. The lowest BCUT2D eigenvalue weighted by atomic mass is 10.0. The summed E-state index contributed by atoms with van der Waals surface area (Å²) in [6.45, 7) is 3.91. The highest BCUT2D eigenvalue weighted by Crippen LogP contribution is 2.22. The molecule has 0 aliphatic carbocycles. The second kappa shape index (κ2) is 6.49. The lowest BCUT2D eigenvalue weighted by molar-refractivity contribution is 0.0474. The summed E-state index contributed by atoms with van der Waals surface area (Å²) in [5.41, 5.74) is 3.14. The molecule has 0 bridgehead atoms. The average Bonchev–Trinajstić information content (AvgIpc) is 2.54. The Kier molecular flexibility index (Phi) is 4.40. The lowest BCUT2D eigenvalue weighted by Gasteiger charge is -2.09. The van der Waals surface area contributed by atoms with Crippen LogP contribution in [-0.4, -0.2) is 5.97 Å². The van der Waals surface area contributed by atoms with E-state index in [9.17, 15) is 9.59 Å². The number of halogens is 1. The first kappa shape index (κ1) is 16.3. The lowest BCUT2D eigenvalue weighted by Crippen LogP contribution is -2.08. The Bertz CT molecular complexity index is 971. The van der Waals surface area contributed by atoms with Crippen LogP contribution in [0.4, 0.5) is 0 Å². The molecule has 3 aromatic rings. The van der Waals surface area contributed by atoms with Gasteiger partial charge in [0.1, 0.15) is 12.2 Å². The minimum Gasteiger partial charge on any atom is -0.457 e. The molecule has 1 aromatic heterocycles. The van der Waals surface area contributed by atoms with E-state index < -0.39 is 11.6 Å². The maximum Gasteiger partial charge on any atom is 0.338 e. The van der Waals surface area contributed by atoms with E-state index in [2.05, 4.69) is 0 Å². The summed E-state index contributed by atoms with van der Waals surface area (Å²) in [5, 5.41) is 1.31. The predicted octanol–water partition coefficient (Wildman–Crippen LogP) is 4.42. The molecule has 4 nitrogen and oxygen atoms in total. The van der Waals surface area contributed by atoms with Crippen LogP contribution >= 0.6 is 11.6 Å². The van der Waals surface area contributed by atoms with Crippen molar-refractivity contribution in [2.75, 3.05) is 0 Å². The summed E-state index contributed by atoms with van der Waals surface area (Å²) >= 11 is 5.80. The molecule has 0 aliphatic heterocycles. The standard InChI is InChI=1S/C19H15ClO4/c1-11-7-16-14(9-18(21)24-17(16)8-12(11)2)10-23-19(22)13-3-5-15(20)6-4-13/h3-9H,10H2,1-2H3. The third-order valence-electron chi connectivity index (χ3n) is 3.88. The van der Waals surface area contributed by atoms with E-state index in [1.54, 1.807) is 24.3 Å². The first-order valence-corrected chi connectivity index (χ1v) is 7.78. The van der Waals surface area contributed by atoms with Crippen molar-refractivity contribution < 1.29 is 13.9 Å². The van der Waals surface area contributed by atoms with Crippen molar-refractivity contribution in [2.24, 2.45) is 0 Å². The van der Waals surface area contributed by atoms with E-state index >= 15 is 0 Å². The van der Waals surface area contributed by atoms with Crippen LogP contribution in [0.1, 0.15) is 27.0 Å². The van der Waals surface area contributed by atoms with Crippen molar-refractivity contribution in [1.29, 1.82) is 0 Å². The number of hydrogen-bond acceptors (Lipinski definition) is 4. The predicted molar refractivity (Wildman–Crippen MR) is 92.5 cm³/mol. The van der Waals surface area contributed by atoms with Crippen molar-refractivity contribution in [1.82, 2.24) is 0 Å². The topological polar surface area (TPSA) is 56.5 Å². The number of esters is 1. The van der Waals surface area contributed by atoms with Gasteiger partial charge in [0.15, 0.2) is 0 Å². The van der Waals surface area contributed by atoms with Crippen molar-refractivity contribution in [3.63, 3.8) is 0 Å². The molecule has 0 fully saturated rings. The molecule has 0 aliphatic rings. The monoisotopic (exact) mass is 342 g/mol. The van der Waals surface area contributed by atoms with Gasteiger partial charge in [-0.05, 0) is 61.4 Å². The highest BCUT2D eigenvalue weighted by molar-refractivity contribution is 6.30. The molecule has 0 atom stereocenters. The van der Waals surface area contributed by atoms with E-state index in [-0.39, 0.29) is 6.61 Å². The summed E-state index contributed by atoms with van der Waals surface area (Å²) in [7, 11) is 0. The second-order valence-electron chi connectivity index (χ2n) is 5.61. The normalized spacial score (nSPS) is 10.8. The van der Waals surface area contributed by atoms with Crippen LogP contribution < -0.4 is 5.63 Å². The molecular weight excluding hydrogens is 328 g/mol. The molecule has 0 saturated heterocycles. The number of aryl methyl sites for hydroxylation is 2. The largest absolute Gasteiger partial charge is 0.457 e. The van der Waals surface area contributed by atoms with E-state index in [1.807, 2.05) is 26.0 Å². The Morgan fingerprint density at radius 3 is 2.46 bits per heavy atom. The van der Waals surface area contributed by atoms with Gasteiger partial charge in [0, 0.05) is 22.0 Å². The molecule has 0 amide bonds. The van der Waals surface area contributed by atoms with Gasteiger partial charge in [-0.15, -0.1) is 0 Å². The van der Waals surface area contributed by atoms with E-state index in [0.29, 0.717) is 21.7 Å². The van der Waals surface area contributed by atoms with Crippen LogP contribution in [0.25, 0.3) is 11.0 Å². The second-order valence-corrected chi connectivity index (χ2v) is 6.04. The molecule has 5 heteroatoms. The van der Waals surface area contributed by atoms with Gasteiger partial charge in [-0.2, -0.15) is 0 Å². The smallest absolute Gasteiger partial charge is 0.338 e. The molecule has 1 heterocycles. The average molecular weight is 343 g/mol. The first-order chi connectivity index (χ1) is 11.4. The SMILES string of the molecule is Cc1cc2oc(=O)cc(COC(=O)c3ccc(Cl)cc3)c2cc1C. The Balaban J connectivity index is 1.89. The van der Waals surface area contributed by atoms with Crippen LogP contribution in [0, 0.1) is 13.8 Å². The van der Waals surface area contributed by atoms with Gasteiger partial charge in [0.2, 0.25) is 0 Å². The van der Waals surface area contributed by atoms with Crippen LogP contribution in [0.2, 0.25) is 5.02 Å². The summed E-state index contributed by atoms with van der Waals surface area (Å²) < 4.78 is 10.6. The Labute approximate surface area is 143 Å². The number of rotatable bonds is 3. The van der Waals surface area contributed by atoms with Gasteiger partial charge in [0.25, 0.3) is 0 Å². The third-order valence-corrected chi connectivity index (χ3v) is 4.14. The summed E-state index contributed by atoms with van der Waals surface area (Å²) in [4.78, 5) is 23.8. The minimum atomic E-state index is -0.475. The summed E-state index contributed by atoms with van der Waals surface area (Å²) in [6, 6.07) is 11.5. The number of ether oxygens (including phenoxy) is 1. The Hall–Kier alpha value is -2.59. The Morgan fingerprint density at radius 2 is 1.75 bits per heavy atom. The maximum absolute atomic E-state index is 12.1. The molecule has 3 rings (SSSR count). The number of carbonyl (C=O) groups is 1. The zero-order valence-corrected chi connectivity index (χ0v) is 14.0. The highest BCUT2D eigenvalue weighted by atomic mass is 35.5. The molecule has 0 spiro atoms. The van der Waals surface area contributed by atoms with Crippen molar-refractivity contribution in [2.45, 2.75) is 20.5 Å². The number of fused-ring (bicyclic) bond motifs is 1. The van der Waals surface area contributed by atoms with Crippen LogP contribution in [0.5, 0.6) is 0 Å². The Morgan fingerprint density at radius 1 is 1.08 bits per heavy atom. The number of benzene rings is 2. The zero-order chi connectivity index (χ0) is 17.3. The molecule has 0 N–H and O–H groups in total. The van der Waals surface area contributed by atoms with Gasteiger partial charge in [-0.25, -0.2) is 9.59 Å². The van der Waals surface area contributed by atoms with E-state index in [0.717, 1.165) is 16.5 Å². The molecule has 2 aromatic carbocycles. The fraction of sp³-hybridized carbons (Fsp3) is 0.158. The van der Waals surface area contributed by atoms with Gasteiger partial charge in [-0.1, -0.05) is 11.6 Å². The van der Waals surface area contributed by atoms with E-state index in [1.165, 1.54) is 6.07 Å². The van der Waals surface area contributed by atoms with Crippen LogP contribution in [0.3, 0.4) is 0 Å². The minimum absolute atomic E-state index is 0.00788. The molecule has 0 saturated carbocycles. The van der Waals surface area contributed by atoms with Crippen LogP contribution in [0.15, 0.2) is 51.7 Å². The van der Waals surface area contributed by atoms with Gasteiger partial charge >= 0.3 is 11.6 Å². The highest BCUT2D eigenvalue weighted by Gasteiger charge is 2.11. The first-order valence-electron chi connectivity index (χ1n) is 7.41. The van der Waals surface area contributed by atoms with Gasteiger partial charge in [0.05, 0.1) is 5.56 Å². The molecule has 0 radical (unpaired) electrons. The quantitative estimate of drug-likeness (QED) is 0.522. The van der Waals surface area contributed by atoms with Gasteiger partial charge < -0.3 is 9.15 Å². The number of carbonyl (C=O) groups excluding carboxylic acids is 1. The van der Waals surface area contributed by atoms with Gasteiger partial charge in [-0.3, -0.25) is 0 Å². The maximum atomic E-state index is 12.1. The van der Waals surface area contributed by atoms with Crippen molar-refractivity contribution >= 4 is 28.5 Å². The molecule has 0 unspecified atom stereocenters. The molecular formula is C19H15ClO4. The summed E-state index contributed by atoms with van der Waals surface area (Å²) in [5.74, 6) is -0.475. The third kappa shape index (κ3) is 3.34. The summed E-state index contributed by atoms with van der Waals surface area (Å²) in [6.07, 6.45) is 0. The van der Waals surface area contributed by atoms with Crippen molar-refractivity contribution in [3.05, 3.63) is 80.2 Å². The number of hydrogen-bond donors (Lipinski definition) is 0. The van der Waals surface area contributed by atoms with E-state index in [4.69, 9.17) is 20.8 Å². The van der Waals surface area contributed by atoms with Crippen LogP contribution in [-0.2, 0) is 11.3 Å². The fourth-order valence-electron chi connectivity index (χ4n) is 2.41.